The van der Waals surface area contributed by atoms with Gasteiger partial charge in [-0.05, 0) is 74.3 Å². The number of hydrogen-bond acceptors (Lipinski definition) is 3. The molecule has 0 saturated carbocycles. The molecule has 0 bridgehead atoms. The Balaban J connectivity index is 1.32. The van der Waals surface area contributed by atoms with E-state index >= 15 is 0 Å². The molecule has 168 valence electrons. The molecule has 2 aromatic rings. The van der Waals surface area contributed by atoms with Crippen LogP contribution >= 0.6 is 0 Å². The van der Waals surface area contributed by atoms with E-state index in [1.54, 1.807) is 6.20 Å². The second-order valence-corrected chi connectivity index (χ2v) is 8.97. The van der Waals surface area contributed by atoms with E-state index in [1.165, 1.54) is 12.0 Å². The maximum absolute atomic E-state index is 12.7. The highest BCUT2D eigenvalue weighted by atomic mass is 16.5. The summed E-state index contributed by atoms with van der Waals surface area (Å²) in [6.07, 6.45) is 12.9. The third kappa shape index (κ3) is 6.00. The van der Waals surface area contributed by atoms with E-state index in [0.717, 1.165) is 48.6 Å². The van der Waals surface area contributed by atoms with E-state index in [2.05, 4.69) is 53.7 Å². The molecular formula is C27H33N3O2. The molecule has 0 radical (unpaired) electrons. The molecule has 1 aliphatic carbocycles. The van der Waals surface area contributed by atoms with Gasteiger partial charge in [-0.3, -0.25) is 4.98 Å². The first-order chi connectivity index (χ1) is 15.6. The number of hydrogen-bond donors (Lipinski definition) is 1. The summed E-state index contributed by atoms with van der Waals surface area (Å²) in [7, 11) is 0. The number of benzene rings is 1. The van der Waals surface area contributed by atoms with Crippen LogP contribution in [0, 0.1) is 18.8 Å². The number of urea groups is 1. The predicted octanol–water partition coefficient (Wildman–Crippen LogP) is 6.08. The maximum atomic E-state index is 12.7. The average Bonchev–Trinajstić information content (AvgIpc) is 2.81. The SMILES string of the molecule is Cc1ccc(NC(=O)N2CCC(=Cc3cccc(OCC4CC=CCC4)c3)C(C)C2)cn1. The number of rotatable bonds is 5. The number of anilines is 1. The van der Waals surface area contributed by atoms with E-state index < -0.39 is 0 Å². The highest BCUT2D eigenvalue weighted by Gasteiger charge is 2.24. The number of nitrogens with one attached hydrogen (secondary N) is 1. The Morgan fingerprint density at radius 1 is 1.28 bits per heavy atom. The molecular weight excluding hydrogens is 398 g/mol. The number of piperidine rings is 1. The van der Waals surface area contributed by atoms with Crippen molar-refractivity contribution < 1.29 is 9.53 Å². The van der Waals surface area contributed by atoms with Gasteiger partial charge in [0.05, 0.1) is 18.5 Å². The first kappa shape index (κ1) is 22.1. The van der Waals surface area contributed by atoms with Crippen LogP contribution in [-0.4, -0.2) is 35.6 Å². The van der Waals surface area contributed by atoms with Gasteiger partial charge in [-0.25, -0.2) is 4.79 Å². The van der Waals surface area contributed by atoms with Crippen molar-refractivity contribution in [3.63, 3.8) is 0 Å². The summed E-state index contributed by atoms with van der Waals surface area (Å²) in [4.78, 5) is 18.8. The van der Waals surface area contributed by atoms with Crippen molar-refractivity contribution in [2.75, 3.05) is 25.0 Å². The van der Waals surface area contributed by atoms with Gasteiger partial charge >= 0.3 is 6.03 Å². The molecule has 32 heavy (non-hydrogen) atoms. The lowest BCUT2D eigenvalue weighted by Crippen LogP contribution is -2.42. The summed E-state index contributed by atoms with van der Waals surface area (Å²) in [5.74, 6) is 1.86. The Labute approximate surface area is 191 Å². The number of aromatic nitrogens is 1. The molecule has 1 aromatic heterocycles. The van der Waals surface area contributed by atoms with Crippen molar-refractivity contribution in [3.05, 3.63) is 71.6 Å². The lowest BCUT2D eigenvalue weighted by molar-refractivity contribution is 0.198. The van der Waals surface area contributed by atoms with Gasteiger partial charge in [0.2, 0.25) is 0 Å². The molecule has 2 amide bonds. The minimum absolute atomic E-state index is 0.0606. The van der Waals surface area contributed by atoms with Crippen LogP contribution < -0.4 is 10.1 Å². The van der Waals surface area contributed by atoms with Crippen LogP contribution in [-0.2, 0) is 0 Å². The molecule has 2 heterocycles. The number of carbonyl (C=O) groups is 1. The van der Waals surface area contributed by atoms with E-state index in [0.29, 0.717) is 24.9 Å². The topological polar surface area (TPSA) is 54.5 Å². The molecule has 5 heteroatoms. The summed E-state index contributed by atoms with van der Waals surface area (Å²) in [6.45, 7) is 6.33. The van der Waals surface area contributed by atoms with Gasteiger partial charge in [-0.2, -0.15) is 0 Å². The highest BCUT2D eigenvalue weighted by molar-refractivity contribution is 5.89. The number of carbonyl (C=O) groups excluding carboxylic acids is 1. The summed E-state index contributed by atoms with van der Waals surface area (Å²) >= 11 is 0. The fourth-order valence-corrected chi connectivity index (χ4v) is 4.32. The third-order valence-electron chi connectivity index (χ3n) is 6.32. The van der Waals surface area contributed by atoms with E-state index in [9.17, 15) is 4.79 Å². The van der Waals surface area contributed by atoms with E-state index in [4.69, 9.17) is 4.74 Å². The van der Waals surface area contributed by atoms with Gasteiger partial charge in [-0.15, -0.1) is 0 Å². The van der Waals surface area contributed by atoms with Crippen LogP contribution in [0.25, 0.3) is 6.08 Å². The Kier molecular flexibility index (Phi) is 7.25. The third-order valence-corrected chi connectivity index (χ3v) is 6.32. The molecule has 5 nitrogen and oxygen atoms in total. The van der Waals surface area contributed by atoms with Crippen molar-refractivity contribution in [2.45, 2.75) is 39.5 Å². The Hall–Kier alpha value is -3.08. The fourth-order valence-electron chi connectivity index (χ4n) is 4.32. The number of nitrogens with zero attached hydrogens (tertiary/aromatic N) is 2. The van der Waals surface area contributed by atoms with Crippen molar-refractivity contribution in [1.29, 1.82) is 0 Å². The number of ether oxygens (including phenoxy) is 1. The average molecular weight is 432 g/mol. The molecule has 2 unspecified atom stereocenters. The number of aryl methyl sites for hydroxylation is 1. The quantitative estimate of drug-likeness (QED) is 0.584. The molecule has 1 N–H and O–H groups in total. The molecule has 1 saturated heterocycles. The number of allylic oxidation sites excluding steroid dienone is 2. The van der Waals surface area contributed by atoms with Crippen LogP contribution in [0.2, 0.25) is 0 Å². The Morgan fingerprint density at radius 3 is 2.94 bits per heavy atom. The molecule has 2 atom stereocenters. The summed E-state index contributed by atoms with van der Waals surface area (Å²) in [5.41, 5.74) is 4.21. The van der Waals surface area contributed by atoms with Crippen molar-refractivity contribution in [3.8, 4) is 5.75 Å². The van der Waals surface area contributed by atoms with Gasteiger partial charge in [0.15, 0.2) is 0 Å². The molecule has 1 aliphatic heterocycles. The monoisotopic (exact) mass is 431 g/mol. The zero-order valence-electron chi connectivity index (χ0n) is 19.1. The number of pyridine rings is 1. The van der Waals surface area contributed by atoms with Crippen molar-refractivity contribution in [2.24, 2.45) is 11.8 Å². The zero-order valence-corrected chi connectivity index (χ0v) is 19.1. The Morgan fingerprint density at radius 2 is 2.19 bits per heavy atom. The van der Waals surface area contributed by atoms with E-state index in [1.807, 2.05) is 30.0 Å². The van der Waals surface area contributed by atoms with Crippen LogP contribution in [0.1, 0.15) is 43.9 Å². The molecule has 1 aromatic carbocycles. The summed E-state index contributed by atoms with van der Waals surface area (Å²) < 4.78 is 6.09. The molecule has 0 spiro atoms. The first-order valence-electron chi connectivity index (χ1n) is 11.6. The van der Waals surface area contributed by atoms with Crippen LogP contribution in [0.4, 0.5) is 10.5 Å². The highest BCUT2D eigenvalue weighted by Crippen LogP contribution is 2.27. The summed E-state index contributed by atoms with van der Waals surface area (Å²) in [6, 6.07) is 12.1. The smallest absolute Gasteiger partial charge is 0.321 e. The molecule has 1 fully saturated rings. The first-order valence-corrected chi connectivity index (χ1v) is 11.6. The second-order valence-electron chi connectivity index (χ2n) is 8.97. The normalized spacial score (nSPS) is 22.1. The molecule has 4 rings (SSSR count). The molecule has 2 aliphatic rings. The Bertz CT molecular complexity index is 981. The van der Waals surface area contributed by atoms with E-state index in [-0.39, 0.29) is 6.03 Å². The lowest BCUT2D eigenvalue weighted by Gasteiger charge is -2.33. The van der Waals surface area contributed by atoms with Crippen molar-refractivity contribution in [1.82, 2.24) is 9.88 Å². The number of likely N-dealkylation sites (tertiary alicyclic amines) is 1. The predicted molar refractivity (Wildman–Crippen MR) is 130 cm³/mol. The summed E-state index contributed by atoms with van der Waals surface area (Å²) in [5, 5.41) is 2.96. The maximum Gasteiger partial charge on any atom is 0.321 e. The zero-order chi connectivity index (χ0) is 22.3. The second kappa shape index (κ2) is 10.5. The van der Waals surface area contributed by atoms with Crippen LogP contribution in [0.15, 0.2) is 60.3 Å². The largest absolute Gasteiger partial charge is 0.493 e. The van der Waals surface area contributed by atoms with Gasteiger partial charge < -0.3 is 15.0 Å². The lowest BCUT2D eigenvalue weighted by atomic mass is 9.91. The van der Waals surface area contributed by atoms with Gasteiger partial charge in [0.1, 0.15) is 5.75 Å². The standard InChI is InChI=1S/C27H33N3O2/c1-20-18-30(27(31)29-25-12-11-21(2)28-17-25)14-13-24(20)15-23-9-6-10-26(16-23)32-19-22-7-4-3-5-8-22/h3-4,6,9-12,15-17,20,22H,5,7-8,13-14,18-19H2,1-2H3,(H,29,31). The number of amides is 2. The van der Waals surface area contributed by atoms with Gasteiger partial charge in [-0.1, -0.05) is 42.9 Å². The minimum Gasteiger partial charge on any atom is -0.493 e. The van der Waals surface area contributed by atoms with Crippen LogP contribution in [0.5, 0.6) is 5.75 Å². The van der Waals surface area contributed by atoms with Crippen molar-refractivity contribution >= 4 is 17.8 Å². The fraction of sp³-hybridized carbons (Fsp3) is 0.407. The van der Waals surface area contributed by atoms with Gasteiger partial charge in [0, 0.05) is 18.8 Å². The van der Waals surface area contributed by atoms with Gasteiger partial charge in [0.25, 0.3) is 0 Å². The minimum atomic E-state index is -0.0606. The van der Waals surface area contributed by atoms with Crippen LogP contribution in [0.3, 0.4) is 0 Å².